The van der Waals surface area contributed by atoms with Crippen LogP contribution >= 0.6 is 0 Å². The van der Waals surface area contributed by atoms with Crippen molar-refractivity contribution in [2.75, 3.05) is 32.8 Å². The molecule has 0 aliphatic rings. The molecule has 0 heterocycles. The number of alkyl halides is 3. The van der Waals surface area contributed by atoms with Crippen LogP contribution in [0, 0.1) is 11.8 Å². The van der Waals surface area contributed by atoms with Gasteiger partial charge >= 0.3 is 6.18 Å². The number of rotatable bonds is 6. The maximum Gasteiger partial charge on any atom is 0.416 e. The fraction of sp³-hybridized carbons (Fsp3) is 0.467. The summed E-state index contributed by atoms with van der Waals surface area (Å²) >= 11 is 0. The summed E-state index contributed by atoms with van der Waals surface area (Å²) in [5, 5.41) is 17.7. The first-order valence-corrected chi connectivity index (χ1v) is 6.57. The van der Waals surface area contributed by atoms with Gasteiger partial charge < -0.3 is 10.2 Å². The molecule has 0 saturated carbocycles. The van der Waals surface area contributed by atoms with E-state index < -0.39 is 11.7 Å². The predicted octanol–water partition coefficient (Wildman–Crippen LogP) is 1.73. The molecular formula is C15H18F3NO2. The van der Waals surface area contributed by atoms with Crippen LogP contribution in [0.4, 0.5) is 13.2 Å². The van der Waals surface area contributed by atoms with Gasteiger partial charge in [-0.15, -0.1) is 0 Å². The molecule has 0 aliphatic carbocycles. The minimum Gasteiger partial charge on any atom is -0.396 e. The number of benzene rings is 1. The highest BCUT2D eigenvalue weighted by molar-refractivity contribution is 5.37. The van der Waals surface area contributed by atoms with Gasteiger partial charge in [-0.1, -0.05) is 11.8 Å². The summed E-state index contributed by atoms with van der Waals surface area (Å²) in [5.74, 6) is 5.64. The van der Waals surface area contributed by atoms with Crippen molar-refractivity contribution in [3.8, 4) is 11.8 Å². The summed E-state index contributed by atoms with van der Waals surface area (Å²) in [6, 6.07) is 4.67. The Morgan fingerprint density at radius 1 is 1.00 bits per heavy atom. The monoisotopic (exact) mass is 301 g/mol. The number of nitrogens with zero attached hydrogens (tertiary/aromatic N) is 1. The lowest BCUT2D eigenvalue weighted by Crippen LogP contribution is -2.29. The summed E-state index contributed by atoms with van der Waals surface area (Å²) < 4.78 is 37.2. The number of halogens is 3. The molecule has 0 amide bonds. The van der Waals surface area contributed by atoms with E-state index in [-0.39, 0.29) is 13.2 Å². The lowest BCUT2D eigenvalue weighted by atomic mass is 10.1. The Kier molecular flexibility index (Phi) is 7.23. The molecular weight excluding hydrogens is 283 g/mol. The minimum absolute atomic E-state index is 0.00656. The van der Waals surface area contributed by atoms with Gasteiger partial charge in [0.05, 0.1) is 18.7 Å². The summed E-state index contributed by atoms with van der Waals surface area (Å²) in [6.07, 6.45) is -3.75. The molecule has 0 radical (unpaired) electrons. The molecule has 0 aromatic heterocycles. The van der Waals surface area contributed by atoms with Crippen LogP contribution in [-0.2, 0) is 6.18 Å². The molecule has 0 atom stereocenters. The highest BCUT2D eigenvalue weighted by atomic mass is 19.4. The predicted molar refractivity (Wildman–Crippen MR) is 73.6 cm³/mol. The summed E-state index contributed by atoms with van der Waals surface area (Å²) in [4.78, 5) is 1.87. The van der Waals surface area contributed by atoms with Crippen LogP contribution < -0.4 is 0 Å². The number of hydrogen-bond donors (Lipinski definition) is 2. The van der Waals surface area contributed by atoms with Crippen LogP contribution in [0.2, 0.25) is 0 Å². The third-order valence-corrected chi connectivity index (χ3v) is 2.80. The molecule has 3 nitrogen and oxygen atoms in total. The molecule has 0 aliphatic heterocycles. The number of aliphatic hydroxyl groups excluding tert-OH is 2. The zero-order valence-electron chi connectivity index (χ0n) is 11.5. The summed E-state index contributed by atoms with van der Waals surface area (Å²) in [7, 11) is 0. The van der Waals surface area contributed by atoms with Gasteiger partial charge in [0.2, 0.25) is 0 Å². The van der Waals surface area contributed by atoms with E-state index in [4.69, 9.17) is 10.2 Å². The smallest absolute Gasteiger partial charge is 0.396 e. The van der Waals surface area contributed by atoms with Gasteiger partial charge in [-0.05, 0) is 30.7 Å². The van der Waals surface area contributed by atoms with Gasteiger partial charge in [0, 0.05) is 25.3 Å². The van der Waals surface area contributed by atoms with Crippen molar-refractivity contribution in [1.29, 1.82) is 0 Å². The molecule has 1 aromatic carbocycles. The normalized spacial score (nSPS) is 11.3. The third-order valence-electron chi connectivity index (χ3n) is 2.80. The van der Waals surface area contributed by atoms with Gasteiger partial charge in [0.1, 0.15) is 0 Å². The van der Waals surface area contributed by atoms with Crippen LogP contribution in [0.25, 0.3) is 0 Å². The Morgan fingerprint density at radius 2 is 1.67 bits per heavy atom. The third kappa shape index (κ3) is 6.63. The second-order valence-corrected chi connectivity index (χ2v) is 4.45. The van der Waals surface area contributed by atoms with Crippen LogP contribution in [0.1, 0.15) is 17.5 Å². The van der Waals surface area contributed by atoms with E-state index in [1.165, 1.54) is 12.1 Å². The van der Waals surface area contributed by atoms with Crippen molar-refractivity contribution in [2.24, 2.45) is 0 Å². The minimum atomic E-state index is -4.34. The molecule has 0 bridgehead atoms. The van der Waals surface area contributed by atoms with E-state index in [2.05, 4.69) is 11.8 Å². The Labute approximate surface area is 122 Å². The fourth-order valence-corrected chi connectivity index (χ4v) is 1.70. The number of hydrogen-bond acceptors (Lipinski definition) is 3. The molecule has 21 heavy (non-hydrogen) atoms. The van der Waals surface area contributed by atoms with Crippen molar-refractivity contribution < 1.29 is 23.4 Å². The van der Waals surface area contributed by atoms with E-state index in [1.54, 1.807) is 0 Å². The van der Waals surface area contributed by atoms with Crippen molar-refractivity contribution in [3.63, 3.8) is 0 Å². The van der Waals surface area contributed by atoms with E-state index in [0.717, 1.165) is 12.1 Å². The second-order valence-electron chi connectivity index (χ2n) is 4.45. The first-order chi connectivity index (χ1) is 9.97. The maximum atomic E-state index is 12.4. The van der Waals surface area contributed by atoms with Crippen molar-refractivity contribution >= 4 is 0 Å². The lowest BCUT2D eigenvalue weighted by Gasteiger charge is -2.17. The average Bonchev–Trinajstić information content (AvgIpc) is 2.44. The van der Waals surface area contributed by atoms with Gasteiger partial charge in [0.15, 0.2) is 0 Å². The zero-order valence-corrected chi connectivity index (χ0v) is 11.5. The van der Waals surface area contributed by atoms with Crippen LogP contribution in [0.3, 0.4) is 0 Å². The van der Waals surface area contributed by atoms with Crippen molar-refractivity contribution in [1.82, 2.24) is 4.90 Å². The second kappa shape index (κ2) is 8.67. The van der Waals surface area contributed by atoms with E-state index in [0.29, 0.717) is 31.6 Å². The van der Waals surface area contributed by atoms with Crippen LogP contribution in [-0.4, -0.2) is 48.0 Å². The van der Waals surface area contributed by atoms with Gasteiger partial charge in [-0.25, -0.2) is 0 Å². The van der Waals surface area contributed by atoms with Crippen LogP contribution in [0.5, 0.6) is 0 Å². The largest absolute Gasteiger partial charge is 0.416 e. The number of aliphatic hydroxyl groups is 2. The maximum absolute atomic E-state index is 12.4. The summed E-state index contributed by atoms with van der Waals surface area (Å²) in [6.45, 7) is 1.50. The van der Waals surface area contributed by atoms with Gasteiger partial charge in [0.25, 0.3) is 0 Å². The van der Waals surface area contributed by atoms with E-state index in [9.17, 15) is 13.2 Å². The molecule has 0 spiro atoms. The Bertz CT molecular complexity index is 474. The highest BCUT2D eigenvalue weighted by Crippen LogP contribution is 2.28. The van der Waals surface area contributed by atoms with Crippen LogP contribution in [0.15, 0.2) is 24.3 Å². The van der Waals surface area contributed by atoms with Crippen molar-refractivity contribution in [3.05, 3.63) is 35.4 Å². The molecule has 0 unspecified atom stereocenters. The SMILES string of the molecule is OCCCN(CC#Cc1ccc(C(F)(F)F)cc1)CCO. The van der Waals surface area contributed by atoms with Gasteiger partial charge in [-0.2, -0.15) is 13.2 Å². The fourth-order valence-electron chi connectivity index (χ4n) is 1.70. The topological polar surface area (TPSA) is 43.7 Å². The molecule has 0 fully saturated rings. The van der Waals surface area contributed by atoms with E-state index in [1.807, 2.05) is 4.90 Å². The van der Waals surface area contributed by atoms with Crippen molar-refractivity contribution in [2.45, 2.75) is 12.6 Å². The first kappa shape index (κ1) is 17.5. The molecule has 6 heteroatoms. The highest BCUT2D eigenvalue weighted by Gasteiger charge is 2.29. The zero-order chi connectivity index (χ0) is 15.7. The Balaban J connectivity index is 2.60. The molecule has 2 N–H and O–H groups in total. The lowest BCUT2D eigenvalue weighted by molar-refractivity contribution is -0.137. The van der Waals surface area contributed by atoms with E-state index >= 15 is 0 Å². The standard InChI is InChI=1S/C15H18F3NO2/c16-15(17,18)14-6-4-13(5-7-14)3-1-8-19(10-12-21)9-2-11-20/h4-7,20-21H,2,8-12H2. The summed E-state index contributed by atoms with van der Waals surface area (Å²) in [5.41, 5.74) is -0.188. The first-order valence-electron chi connectivity index (χ1n) is 6.57. The quantitative estimate of drug-likeness (QED) is 0.787. The average molecular weight is 301 g/mol. The molecule has 1 aromatic rings. The molecule has 1 rings (SSSR count). The Hall–Kier alpha value is -1.55. The molecule has 0 saturated heterocycles. The van der Waals surface area contributed by atoms with Gasteiger partial charge in [-0.3, -0.25) is 4.90 Å². The Morgan fingerprint density at radius 3 is 2.19 bits per heavy atom. The molecule has 116 valence electrons.